The lowest BCUT2D eigenvalue weighted by Gasteiger charge is -2.10. The van der Waals surface area contributed by atoms with Crippen molar-refractivity contribution in [2.75, 3.05) is 0 Å². The Morgan fingerprint density at radius 1 is 1.38 bits per heavy atom. The molecule has 0 saturated heterocycles. The molecule has 3 aromatic rings. The van der Waals surface area contributed by atoms with Gasteiger partial charge in [-0.25, -0.2) is 10.1 Å². The standard InChI is InChI=1S/C14H13N5O2/c1-10(14(20)17-15-9-11-5-4-8-21-11)19-13-7-3-2-6-12(13)16-18-19/h2-10H,1H3,(H,17,20)/b15-9-/t10-/m0/s1. The van der Waals surface area contributed by atoms with E-state index in [-0.39, 0.29) is 5.91 Å². The van der Waals surface area contributed by atoms with E-state index in [0.717, 1.165) is 11.0 Å². The molecule has 7 nitrogen and oxygen atoms in total. The predicted octanol–water partition coefficient (Wildman–Crippen LogP) is 1.74. The van der Waals surface area contributed by atoms with Crippen molar-refractivity contribution in [3.05, 3.63) is 48.4 Å². The minimum atomic E-state index is -0.522. The average Bonchev–Trinajstić information content (AvgIpc) is 3.15. The van der Waals surface area contributed by atoms with Crippen molar-refractivity contribution < 1.29 is 9.21 Å². The van der Waals surface area contributed by atoms with Crippen LogP contribution in [-0.4, -0.2) is 27.1 Å². The van der Waals surface area contributed by atoms with Crippen LogP contribution in [0.15, 0.2) is 52.2 Å². The van der Waals surface area contributed by atoms with Crippen LogP contribution in [0.3, 0.4) is 0 Å². The first-order valence-corrected chi connectivity index (χ1v) is 6.42. The molecule has 0 bridgehead atoms. The number of hydrogen-bond acceptors (Lipinski definition) is 5. The highest BCUT2D eigenvalue weighted by molar-refractivity contribution is 5.84. The van der Waals surface area contributed by atoms with Crippen LogP contribution in [0.4, 0.5) is 0 Å². The van der Waals surface area contributed by atoms with Gasteiger partial charge in [-0.2, -0.15) is 5.10 Å². The number of benzene rings is 1. The van der Waals surface area contributed by atoms with Crippen molar-refractivity contribution in [1.29, 1.82) is 0 Å². The van der Waals surface area contributed by atoms with Crippen LogP contribution >= 0.6 is 0 Å². The third-order valence-electron chi connectivity index (χ3n) is 3.03. The monoisotopic (exact) mass is 283 g/mol. The van der Waals surface area contributed by atoms with Gasteiger partial charge in [-0.15, -0.1) is 5.10 Å². The van der Waals surface area contributed by atoms with Gasteiger partial charge >= 0.3 is 0 Å². The predicted molar refractivity (Wildman–Crippen MR) is 76.7 cm³/mol. The number of furan rings is 1. The number of nitrogens with one attached hydrogen (secondary N) is 1. The maximum atomic E-state index is 12.1. The Hall–Kier alpha value is -2.96. The summed E-state index contributed by atoms with van der Waals surface area (Å²) in [5.74, 6) is 0.280. The van der Waals surface area contributed by atoms with E-state index in [9.17, 15) is 4.79 Å². The highest BCUT2D eigenvalue weighted by Crippen LogP contribution is 2.15. The fraction of sp³-hybridized carbons (Fsp3) is 0.143. The SMILES string of the molecule is C[C@@H](C(=O)N/N=C\c1ccco1)n1nnc2ccccc21. The number of nitrogens with zero attached hydrogens (tertiary/aromatic N) is 4. The van der Waals surface area contributed by atoms with E-state index in [2.05, 4.69) is 20.8 Å². The number of hydrogen-bond donors (Lipinski definition) is 1. The average molecular weight is 283 g/mol. The van der Waals surface area contributed by atoms with Crippen molar-refractivity contribution in [3.63, 3.8) is 0 Å². The van der Waals surface area contributed by atoms with Gasteiger partial charge in [0.1, 0.15) is 17.3 Å². The van der Waals surface area contributed by atoms with Gasteiger partial charge < -0.3 is 4.42 Å². The van der Waals surface area contributed by atoms with Crippen molar-refractivity contribution in [2.45, 2.75) is 13.0 Å². The summed E-state index contributed by atoms with van der Waals surface area (Å²) in [4.78, 5) is 12.1. The first kappa shape index (κ1) is 13.0. The third kappa shape index (κ3) is 2.66. The Labute approximate surface area is 120 Å². The van der Waals surface area contributed by atoms with Gasteiger partial charge in [0.2, 0.25) is 0 Å². The minimum Gasteiger partial charge on any atom is -0.463 e. The molecule has 1 N–H and O–H groups in total. The van der Waals surface area contributed by atoms with Crippen LogP contribution in [0.25, 0.3) is 11.0 Å². The zero-order valence-corrected chi connectivity index (χ0v) is 11.3. The maximum absolute atomic E-state index is 12.1. The molecule has 3 rings (SSSR count). The lowest BCUT2D eigenvalue weighted by molar-refractivity contribution is -0.124. The number of fused-ring (bicyclic) bond motifs is 1. The second-order valence-electron chi connectivity index (χ2n) is 4.45. The molecule has 0 saturated carbocycles. The molecule has 7 heteroatoms. The molecular weight excluding hydrogens is 270 g/mol. The highest BCUT2D eigenvalue weighted by Gasteiger charge is 2.18. The van der Waals surface area contributed by atoms with Gasteiger partial charge in [-0.05, 0) is 31.2 Å². The van der Waals surface area contributed by atoms with Crippen molar-refractivity contribution in [1.82, 2.24) is 20.4 Å². The first-order chi connectivity index (χ1) is 10.3. The Morgan fingerprint density at radius 2 is 2.24 bits per heavy atom. The van der Waals surface area contributed by atoms with Crippen LogP contribution in [0.2, 0.25) is 0 Å². The van der Waals surface area contributed by atoms with Gasteiger partial charge in [0.05, 0.1) is 18.0 Å². The molecule has 0 aliphatic rings. The zero-order chi connectivity index (χ0) is 14.7. The second kappa shape index (κ2) is 5.58. The molecule has 1 atom stereocenters. The van der Waals surface area contributed by atoms with Crippen LogP contribution in [0.1, 0.15) is 18.7 Å². The highest BCUT2D eigenvalue weighted by atomic mass is 16.3. The first-order valence-electron chi connectivity index (χ1n) is 6.42. The normalized spacial score (nSPS) is 12.8. The molecule has 1 amide bonds. The van der Waals surface area contributed by atoms with Crippen LogP contribution in [0, 0.1) is 0 Å². The van der Waals surface area contributed by atoms with E-state index in [0.29, 0.717) is 5.76 Å². The summed E-state index contributed by atoms with van der Waals surface area (Å²) in [7, 11) is 0. The van der Waals surface area contributed by atoms with Crippen LogP contribution in [-0.2, 0) is 4.79 Å². The number of amides is 1. The van der Waals surface area contributed by atoms with E-state index in [1.807, 2.05) is 24.3 Å². The molecule has 1 aromatic carbocycles. The molecule has 0 spiro atoms. The van der Waals surface area contributed by atoms with E-state index < -0.39 is 6.04 Å². The zero-order valence-electron chi connectivity index (χ0n) is 11.3. The van der Waals surface area contributed by atoms with E-state index in [4.69, 9.17) is 4.42 Å². The number of carbonyl (C=O) groups is 1. The molecule has 0 radical (unpaired) electrons. The second-order valence-corrected chi connectivity index (χ2v) is 4.45. The molecular formula is C14H13N5O2. The quantitative estimate of drug-likeness (QED) is 0.583. The molecule has 2 aromatic heterocycles. The molecule has 2 heterocycles. The summed E-state index contributed by atoms with van der Waals surface area (Å²) in [6, 6.07) is 10.4. The molecule has 0 aliphatic heterocycles. The summed E-state index contributed by atoms with van der Waals surface area (Å²) < 4.78 is 6.64. The Balaban J connectivity index is 1.72. The van der Waals surface area contributed by atoms with Crippen LogP contribution < -0.4 is 5.43 Å². The largest absolute Gasteiger partial charge is 0.463 e. The van der Waals surface area contributed by atoms with Crippen molar-refractivity contribution in [3.8, 4) is 0 Å². The molecule has 0 fully saturated rings. The van der Waals surface area contributed by atoms with Gasteiger partial charge in [0, 0.05) is 0 Å². The van der Waals surface area contributed by atoms with E-state index in [1.54, 1.807) is 23.7 Å². The van der Waals surface area contributed by atoms with Crippen molar-refractivity contribution >= 4 is 23.2 Å². The number of carbonyl (C=O) groups excluding carboxylic acids is 1. The number of hydrazone groups is 1. The summed E-state index contributed by atoms with van der Waals surface area (Å²) in [5.41, 5.74) is 4.00. The summed E-state index contributed by atoms with van der Waals surface area (Å²) >= 11 is 0. The summed E-state index contributed by atoms with van der Waals surface area (Å²) in [5, 5.41) is 11.9. The summed E-state index contributed by atoms with van der Waals surface area (Å²) in [6.45, 7) is 1.73. The molecule has 0 aliphatic carbocycles. The van der Waals surface area contributed by atoms with Gasteiger partial charge in [0.25, 0.3) is 5.91 Å². The Kier molecular flexibility index (Phi) is 3.46. The fourth-order valence-corrected chi connectivity index (χ4v) is 1.90. The van der Waals surface area contributed by atoms with Crippen molar-refractivity contribution in [2.24, 2.45) is 5.10 Å². The van der Waals surface area contributed by atoms with E-state index in [1.165, 1.54) is 12.5 Å². The van der Waals surface area contributed by atoms with Gasteiger partial charge in [-0.1, -0.05) is 17.3 Å². The number of para-hydroxylation sites is 1. The smallest absolute Gasteiger partial charge is 0.264 e. The van der Waals surface area contributed by atoms with E-state index >= 15 is 0 Å². The molecule has 106 valence electrons. The third-order valence-corrected chi connectivity index (χ3v) is 3.03. The minimum absolute atomic E-state index is 0.284. The lowest BCUT2D eigenvalue weighted by Crippen LogP contribution is -2.28. The van der Waals surface area contributed by atoms with Crippen LogP contribution in [0.5, 0.6) is 0 Å². The Morgan fingerprint density at radius 3 is 3.05 bits per heavy atom. The van der Waals surface area contributed by atoms with Gasteiger partial charge in [-0.3, -0.25) is 4.79 Å². The fourth-order valence-electron chi connectivity index (χ4n) is 1.90. The lowest BCUT2D eigenvalue weighted by atomic mass is 10.3. The molecule has 0 unspecified atom stereocenters. The number of rotatable bonds is 4. The van der Waals surface area contributed by atoms with Gasteiger partial charge in [0.15, 0.2) is 0 Å². The maximum Gasteiger partial charge on any atom is 0.264 e. The summed E-state index contributed by atoms with van der Waals surface area (Å²) in [6.07, 6.45) is 2.97. The Bertz CT molecular complexity index is 776. The number of aromatic nitrogens is 3. The molecule has 21 heavy (non-hydrogen) atoms. The topological polar surface area (TPSA) is 85.3 Å².